The number of nitrogens with one attached hydrogen (secondary N) is 2. The molecule has 1 aliphatic heterocycles. The van der Waals surface area contributed by atoms with Crippen LogP contribution in [0, 0.1) is 0 Å². The predicted octanol–water partition coefficient (Wildman–Crippen LogP) is 6.11. The number of hydrogen-bond acceptors (Lipinski definition) is 8. The summed E-state index contributed by atoms with van der Waals surface area (Å²) in [5.41, 5.74) is 6.06. The SMILES string of the molecule is CC(C)(C)OC(=O)CC[C@]1(C(=O)NNCCc2cccc(Cl)c2)N=C(c2ccc(OCCCO)cc2)O[C@H]1c1ccc(Br)cc1. The summed E-state index contributed by atoms with van der Waals surface area (Å²) in [5, 5.41) is 9.68. The normalized spacial score (nSPS) is 17.7. The monoisotopic (exact) mass is 699 g/mol. The van der Waals surface area contributed by atoms with Crippen LogP contribution >= 0.6 is 27.5 Å². The van der Waals surface area contributed by atoms with E-state index in [1.54, 1.807) is 45.0 Å². The number of hydrogen-bond donors (Lipinski definition) is 3. The van der Waals surface area contributed by atoms with Gasteiger partial charge in [-0.25, -0.2) is 10.4 Å². The Morgan fingerprint density at radius 3 is 2.49 bits per heavy atom. The van der Waals surface area contributed by atoms with Gasteiger partial charge in [-0.1, -0.05) is 51.8 Å². The van der Waals surface area contributed by atoms with Gasteiger partial charge >= 0.3 is 5.97 Å². The summed E-state index contributed by atoms with van der Waals surface area (Å²) in [4.78, 5) is 32.0. The fourth-order valence-electron chi connectivity index (χ4n) is 4.84. The Balaban J connectivity index is 1.64. The van der Waals surface area contributed by atoms with E-state index < -0.39 is 29.1 Å². The molecule has 0 saturated carbocycles. The van der Waals surface area contributed by atoms with Crippen LogP contribution in [0.2, 0.25) is 5.02 Å². The third kappa shape index (κ3) is 9.77. The van der Waals surface area contributed by atoms with Crippen molar-refractivity contribution in [2.75, 3.05) is 19.8 Å². The molecule has 0 radical (unpaired) electrons. The van der Waals surface area contributed by atoms with Crippen LogP contribution in [0.3, 0.4) is 0 Å². The molecule has 0 spiro atoms. The van der Waals surface area contributed by atoms with E-state index >= 15 is 0 Å². The Hall–Kier alpha value is -3.44. The van der Waals surface area contributed by atoms with Crippen LogP contribution in [0.4, 0.5) is 0 Å². The maximum Gasteiger partial charge on any atom is 0.306 e. The van der Waals surface area contributed by atoms with Crippen LogP contribution < -0.4 is 15.6 Å². The van der Waals surface area contributed by atoms with Crippen LogP contribution in [-0.2, 0) is 25.5 Å². The number of rotatable bonds is 14. The Morgan fingerprint density at radius 2 is 1.82 bits per heavy atom. The second-order valence-corrected chi connectivity index (χ2v) is 13.0. The molecule has 1 aliphatic rings. The minimum atomic E-state index is -1.50. The van der Waals surface area contributed by atoms with Gasteiger partial charge in [-0.05, 0) is 93.3 Å². The number of ether oxygens (including phenoxy) is 3. The number of amides is 1. The molecule has 240 valence electrons. The molecule has 4 rings (SSSR count). The van der Waals surface area contributed by atoms with E-state index in [9.17, 15) is 9.59 Å². The van der Waals surface area contributed by atoms with Crippen molar-refractivity contribution in [2.24, 2.45) is 4.99 Å². The molecule has 1 amide bonds. The van der Waals surface area contributed by atoms with Crippen molar-refractivity contribution in [3.05, 3.63) is 99.0 Å². The number of benzene rings is 3. The number of aliphatic hydroxyl groups excluding tert-OH is 1. The number of hydrazine groups is 1. The molecule has 9 nitrogen and oxygen atoms in total. The molecular formula is C34H39BrClN3O6. The van der Waals surface area contributed by atoms with Gasteiger partial charge in [-0.3, -0.25) is 15.0 Å². The van der Waals surface area contributed by atoms with Crippen LogP contribution in [0.5, 0.6) is 5.75 Å². The van der Waals surface area contributed by atoms with Crippen molar-refractivity contribution >= 4 is 45.3 Å². The Bertz CT molecular complexity index is 1480. The molecule has 0 saturated heterocycles. The Morgan fingerprint density at radius 1 is 1.09 bits per heavy atom. The largest absolute Gasteiger partial charge is 0.494 e. The number of carbonyl (C=O) groups excluding carboxylic acids is 2. The summed E-state index contributed by atoms with van der Waals surface area (Å²) >= 11 is 9.60. The summed E-state index contributed by atoms with van der Waals surface area (Å²) in [6.45, 7) is 6.27. The third-order valence-electron chi connectivity index (χ3n) is 6.96. The van der Waals surface area contributed by atoms with E-state index in [0.29, 0.717) is 42.3 Å². The number of aliphatic hydroxyl groups is 1. The van der Waals surface area contributed by atoms with Gasteiger partial charge in [0.15, 0.2) is 11.6 Å². The topological polar surface area (TPSA) is 118 Å². The molecule has 2 atom stereocenters. The molecule has 0 unspecified atom stereocenters. The highest BCUT2D eigenvalue weighted by molar-refractivity contribution is 9.10. The van der Waals surface area contributed by atoms with Gasteiger partial charge < -0.3 is 19.3 Å². The molecule has 11 heteroatoms. The number of nitrogens with zero attached hydrogens (tertiary/aromatic N) is 1. The summed E-state index contributed by atoms with van der Waals surface area (Å²) in [6.07, 6.45) is 0.293. The third-order valence-corrected chi connectivity index (χ3v) is 7.73. The zero-order valence-electron chi connectivity index (χ0n) is 25.6. The van der Waals surface area contributed by atoms with Crippen LogP contribution in [-0.4, -0.2) is 53.8 Å². The molecule has 1 heterocycles. The smallest absolute Gasteiger partial charge is 0.306 e. The standard InChI is InChI=1S/C34H39BrClN3O6/c1-33(2,3)45-29(41)16-18-34(32(42)39-37-19-17-23-6-4-7-27(36)22-23)30(24-8-12-26(35)13-9-24)44-31(38-34)25-10-14-28(15-11-25)43-21-5-20-40/h4,6-15,22,30,37,40H,5,16-21H2,1-3H3,(H,39,42)/t30-,34-/m0/s1. The molecule has 3 N–H and O–H groups in total. The molecular weight excluding hydrogens is 662 g/mol. The summed E-state index contributed by atoms with van der Waals surface area (Å²) in [6, 6.07) is 22.2. The quantitative estimate of drug-likeness (QED) is 0.106. The van der Waals surface area contributed by atoms with E-state index in [0.717, 1.165) is 15.6 Å². The lowest BCUT2D eigenvalue weighted by Crippen LogP contribution is -2.53. The highest BCUT2D eigenvalue weighted by atomic mass is 79.9. The maximum atomic E-state index is 14.2. The zero-order valence-corrected chi connectivity index (χ0v) is 28.0. The number of carbonyl (C=O) groups is 2. The zero-order chi connectivity index (χ0) is 32.5. The first kappa shape index (κ1) is 34.4. The molecule has 0 aliphatic carbocycles. The van der Waals surface area contributed by atoms with E-state index in [1.807, 2.05) is 48.5 Å². The van der Waals surface area contributed by atoms with E-state index in [2.05, 4.69) is 26.8 Å². The van der Waals surface area contributed by atoms with Gasteiger partial charge in [0, 0.05) is 41.1 Å². The lowest BCUT2D eigenvalue weighted by atomic mass is 9.83. The number of esters is 1. The average Bonchev–Trinajstić information content (AvgIpc) is 3.39. The Labute approximate surface area is 277 Å². The highest BCUT2D eigenvalue weighted by Gasteiger charge is 2.53. The van der Waals surface area contributed by atoms with Crippen molar-refractivity contribution in [2.45, 2.75) is 63.7 Å². The van der Waals surface area contributed by atoms with Gasteiger partial charge in [0.05, 0.1) is 6.61 Å². The van der Waals surface area contributed by atoms with Gasteiger partial charge in [-0.15, -0.1) is 0 Å². The fourth-order valence-corrected chi connectivity index (χ4v) is 5.32. The summed E-state index contributed by atoms with van der Waals surface area (Å²) in [7, 11) is 0. The van der Waals surface area contributed by atoms with Gasteiger partial charge in [0.1, 0.15) is 11.4 Å². The van der Waals surface area contributed by atoms with E-state index in [4.69, 9.17) is 35.9 Å². The lowest BCUT2D eigenvalue weighted by molar-refractivity contribution is -0.155. The van der Waals surface area contributed by atoms with Gasteiger partial charge in [-0.2, -0.15) is 0 Å². The first-order valence-electron chi connectivity index (χ1n) is 14.8. The van der Waals surface area contributed by atoms with Crippen LogP contribution in [0.25, 0.3) is 0 Å². The highest BCUT2D eigenvalue weighted by Crippen LogP contribution is 2.43. The van der Waals surface area contributed by atoms with Crippen molar-refractivity contribution < 1.29 is 28.9 Å². The fraction of sp³-hybridized carbons (Fsp3) is 0.382. The lowest BCUT2D eigenvalue weighted by Gasteiger charge is -2.31. The second kappa shape index (κ2) is 15.7. The molecule has 3 aromatic rings. The number of aliphatic imine (C=N–C) groups is 1. The van der Waals surface area contributed by atoms with Crippen molar-refractivity contribution in [3.63, 3.8) is 0 Å². The maximum absolute atomic E-state index is 14.2. The van der Waals surface area contributed by atoms with Crippen LogP contribution in [0.15, 0.2) is 82.3 Å². The molecule has 0 aromatic heterocycles. The van der Waals surface area contributed by atoms with Gasteiger partial charge in [0.2, 0.25) is 5.90 Å². The first-order chi connectivity index (χ1) is 21.5. The predicted molar refractivity (Wildman–Crippen MR) is 177 cm³/mol. The van der Waals surface area contributed by atoms with Crippen molar-refractivity contribution in [1.29, 1.82) is 0 Å². The molecule has 0 bridgehead atoms. The summed E-state index contributed by atoms with van der Waals surface area (Å²) < 4.78 is 18.6. The summed E-state index contributed by atoms with van der Waals surface area (Å²) in [5.74, 6) is 0.0198. The molecule has 0 fully saturated rings. The number of halogens is 2. The second-order valence-electron chi connectivity index (χ2n) is 11.7. The minimum absolute atomic E-state index is 0.0380. The molecule has 3 aromatic carbocycles. The van der Waals surface area contributed by atoms with Gasteiger partial charge in [0.25, 0.3) is 5.91 Å². The van der Waals surface area contributed by atoms with Crippen molar-refractivity contribution in [1.82, 2.24) is 10.9 Å². The van der Waals surface area contributed by atoms with E-state index in [-0.39, 0.29) is 25.3 Å². The Kier molecular flexibility index (Phi) is 12.0. The minimum Gasteiger partial charge on any atom is -0.494 e. The average molecular weight is 701 g/mol. The van der Waals surface area contributed by atoms with E-state index in [1.165, 1.54) is 0 Å². The molecule has 45 heavy (non-hydrogen) atoms. The van der Waals surface area contributed by atoms with Crippen LogP contribution in [0.1, 0.15) is 62.8 Å². The first-order valence-corrected chi connectivity index (χ1v) is 16.0. The van der Waals surface area contributed by atoms with Crippen molar-refractivity contribution in [3.8, 4) is 5.75 Å².